The fourth-order valence-corrected chi connectivity index (χ4v) is 2.86. The third-order valence-corrected chi connectivity index (χ3v) is 4.31. The van der Waals surface area contributed by atoms with Gasteiger partial charge in [-0.1, -0.05) is 0 Å². The summed E-state index contributed by atoms with van der Waals surface area (Å²) in [5, 5.41) is 2.86. The van der Waals surface area contributed by atoms with E-state index in [2.05, 4.69) is 15.0 Å². The molecule has 0 bridgehead atoms. The van der Waals surface area contributed by atoms with E-state index in [1.54, 1.807) is 41.6 Å². The van der Waals surface area contributed by atoms with Crippen LogP contribution in [0.15, 0.2) is 48.8 Å². The predicted molar refractivity (Wildman–Crippen MR) is 94.3 cm³/mol. The zero-order valence-electron chi connectivity index (χ0n) is 14.3. The zero-order chi connectivity index (χ0) is 18.5. The highest BCUT2D eigenvalue weighted by atomic mass is 16.5. The third-order valence-electron chi connectivity index (χ3n) is 4.31. The first-order valence-electron chi connectivity index (χ1n) is 8.24. The van der Waals surface area contributed by atoms with Crippen molar-refractivity contribution in [3.05, 3.63) is 59.9 Å². The molecule has 7 heteroatoms. The first-order valence-corrected chi connectivity index (χ1v) is 8.24. The molecule has 3 rings (SSSR count). The Bertz CT molecular complexity index is 805. The molecule has 2 heterocycles. The first-order chi connectivity index (χ1) is 12.6. The summed E-state index contributed by atoms with van der Waals surface area (Å²) in [4.78, 5) is 41.6. The summed E-state index contributed by atoms with van der Waals surface area (Å²) in [5.41, 5.74) is 2.02. The number of carbonyl (C=O) groups is 3. The van der Waals surface area contributed by atoms with Gasteiger partial charge in [-0.25, -0.2) is 4.79 Å². The summed E-state index contributed by atoms with van der Waals surface area (Å²) in [6.45, 7) is 0.721. The molecule has 0 aliphatic carbocycles. The van der Waals surface area contributed by atoms with Gasteiger partial charge in [-0.05, 0) is 42.0 Å². The molecule has 0 radical (unpaired) electrons. The van der Waals surface area contributed by atoms with Gasteiger partial charge in [-0.2, -0.15) is 0 Å². The number of amides is 2. The van der Waals surface area contributed by atoms with E-state index >= 15 is 0 Å². The van der Waals surface area contributed by atoms with E-state index in [1.807, 2.05) is 12.1 Å². The van der Waals surface area contributed by atoms with Crippen LogP contribution in [0.4, 0.5) is 5.69 Å². The number of hydrogen-bond donors (Lipinski definition) is 1. The number of aromatic nitrogens is 1. The number of ether oxygens (including phenoxy) is 1. The smallest absolute Gasteiger partial charge is 0.337 e. The lowest BCUT2D eigenvalue weighted by Gasteiger charge is -2.17. The average Bonchev–Trinajstić information content (AvgIpc) is 3.08. The highest BCUT2D eigenvalue weighted by Crippen LogP contribution is 2.25. The minimum absolute atomic E-state index is 0.111. The molecule has 1 fully saturated rings. The largest absolute Gasteiger partial charge is 0.465 e. The van der Waals surface area contributed by atoms with Crippen LogP contribution in [0.1, 0.15) is 22.3 Å². The summed E-state index contributed by atoms with van der Waals surface area (Å²) >= 11 is 0. The maximum absolute atomic E-state index is 12.4. The molecule has 7 nitrogen and oxygen atoms in total. The van der Waals surface area contributed by atoms with Crippen LogP contribution in [0.2, 0.25) is 0 Å². The lowest BCUT2D eigenvalue weighted by Crippen LogP contribution is -2.32. The summed E-state index contributed by atoms with van der Waals surface area (Å²) in [7, 11) is 1.31. The molecular formula is C19H19N3O4. The SMILES string of the molecule is COC(=O)c1ccc(N2CC(C(=O)NCc3ccncc3)CC2=O)cc1. The van der Waals surface area contributed by atoms with Gasteiger partial charge in [0.2, 0.25) is 11.8 Å². The van der Waals surface area contributed by atoms with E-state index in [-0.39, 0.29) is 18.2 Å². The van der Waals surface area contributed by atoms with E-state index in [1.165, 1.54) is 7.11 Å². The van der Waals surface area contributed by atoms with E-state index < -0.39 is 11.9 Å². The number of esters is 1. The van der Waals surface area contributed by atoms with Gasteiger partial charge in [0.1, 0.15) is 0 Å². The second kappa shape index (κ2) is 7.77. The van der Waals surface area contributed by atoms with Gasteiger partial charge in [-0.15, -0.1) is 0 Å². The number of nitrogens with zero attached hydrogens (tertiary/aromatic N) is 2. The molecule has 1 aromatic carbocycles. The van der Waals surface area contributed by atoms with E-state index in [4.69, 9.17) is 0 Å². The van der Waals surface area contributed by atoms with Crippen LogP contribution in [0.25, 0.3) is 0 Å². The molecule has 1 N–H and O–H groups in total. The summed E-state index contributed by atoms with van der Waals surface area (Å²) in [6.07, 6.45) is 3.50. The zero-order valence-corrected chi connectivity index (χ0v) is 14.3. The van der Waals surface area contributed by atoms with E-state index in [9.17, 15) is 14.4 Å². The Balaban J connectivity index is 1.61. The Morgan fingerprint density at radius 3 is 2.54 bits per heavy atom. The normalized spacial score (nSPS) is 16.4. The first kappa shape index (κ1) is 17.6. The molecule has 1 aliphatic heterocycles. The number of pyridine rings is 1. The number of carbonyl (C=O) groups excluding carboxylic acids is 3. The van der Waals surface area contributed by atoms with Crippen LogP contribution in [0, 0.1) is 5.92 Å². The summed E-state index contributed by atoms with van der Waals surface area (Å²) in [6, 6.07) is 10.2. The number of anilines is 1. The number of hydrogen-bond acceptors (Lipinski definition) is 5. The topological polar surface area (TPSA) is 88.6 Å². The Morgan fingerprint density at radius 1 is 1.19 bits per heavy atom. The molecule has 0 spiro atoms. The molecule has 1 unspecified atom stereocenters. The molecule has 0 saturated carbocycles. The maximum Gasteiger partial charge on any atom is 0.337 e. The van der Waals surface area contributed by atoms with Crippen LogP contribution in [0.3, 0.4) is 0 Å². The highest BCUT2D eigenvalue weighted by Gasteiger charge is 2.35. The van der Waals surface area contributed by atoms with Gasteiger partial charge in [0.25, 0.3) is 0 Å². The predicted octanol–water partition coefficient (Wildman–Crippen LogP) is 1.54. The maximum atomic E-state index is 12.4. The minimum atomic E-state index is -0.433. The molecule has 2 aromatic rings. The molecule has 1 aromatic heterocycles. The van der Waals surface area contributed by atoms with Crippen molar-refractivity contribution in [1.29, 1.82) is 0 Å². The number of benzene rings is 1. The fourth-order valence-electron chi connectivity index (χ4n) is 2.86. The molecular weight excluding hydrogens is 334 g/mol. The van der Waals surface area contributed by atoms with E-state index in [0.717, 1.165) is 5.56 Å². The Hall–Kier alpha value is -3.22. The third kappa shape index (κ3) is 3.88. The van der Waals surface area contributed by atoms with Crippen LogP contribution in [-0.4, -0.2) is 36.4 Å². The molecule has 134 valence electrons. The van der Waals surface area contributed by atoms with Crippen LogP contribution < -0.4 is 10.2 Å². The van der Waals surface area contributed by atoms with Crippen molar-refractivity contribution >= 4 is 23.5 Å². The van der Waals surface area contributed by atoms with Crippen molar-refractivity contribution in [2.24, 2.45) is 5.92 Å². The van der Waals surface area contributed by atoms with Crippen molar-refractivity contribution < 1.29 is 19.1 Å². The van der Waals surface area contributed by atoms with Gasteiger partial charge in [0.15, 0.2) is 0 Å². The van der Waals surface area contributed by atoms with E-state index in [0.29, 0.717) is 24.3 Å². The number of rotatable bonds is 5. The van der Waals surface area contributed by atoms with Gasteiger partial charge >= 0.3 is 5.97 Å². The Morgan fingerprint density at radius 2 is 1.88 bits per heavy atom. The van der Waals surface area contributed by atoms with Crippen LogP contribution in [-0.2, 0) is 20.9 Å². The van der Waals surface area contributed by atoms with Crippen molar-refractivity contribution in [3.8, 4) is 0 Å². The Kier molecular flexibility index (Phi) is 5.26. The summed E-state index contributed by atoms with van der Waals surface area (Å²) < 4.78 is 4.66. The van der Waals surface area contributed by atoms with Crippen molar-refractivity contribution in [1.82, 2.24) is 10.3 Å². The fraction of sp³-hybridized carbons (Fsp3) is 0.263. The lowest BCUT2D eigenvalue weighted by molar-refractivity contribution is -0.126. The Labute approximate surface area is 151 Å². The van der Waals surface area contributed by atoms with Crippen molar-refractivity contribution in [3.63, 3.8) is 0 Å². The molecule has 1 aliphatic rings. The quantitative estimate of drug-likeness (QED) is 0.824. The van der Waals surface area contributed by atoms with Gasteiger partial charge in [0.05, 0.1) is 18.6 Å². The molecule has 1 atom stereocenters. The minimum Gasteiger partial charge on any atom is -0.465 e. The average molecular weight is 353 g/mol. The number of methoxy groups -OCH3 is 1. The highest BCUT2D eigenvalue weighted by molar-refractivity contribution is 6.00. The van der Waals surface area contributed by atoms with Crippen LogP contribution >= 0.6 is 0 Å². The monoisotopic (exact) mass is 353 g/mol. The molecule has 1 saturated heterocycles. The van der Waals surface area contributed by atoms with Gasteiger partial charge in [0, 0.05) is 37.6 Å². The molecule has 2 amide bonds. The number of nitrogens with one attached hydrogen (secondary N) is 1. The van der Waals surface area contributed by atoms with Crippen molar-refractivity contribution in [2.45, 2.75) is 13.0 Å². The summed E-state index contributed by atoms with van der Waals surface area (Å²) in [5.74, 6) is -1.09. The standard InChI is InChI=1S/C19H19N3O4/c1-26-19(25)14-2-4-16(5-3-14)22-12-15(10-17(22)23)18(24)21-11-13-6-8-20-9-7-13/h2-9,15H,10-12H2,1H3,(H,21,24). The van der Waals surface area contributed by atoms with Gasteiger partial charge < -0.3 is 15.0 Å². The lowest BCUT2D eigenvalue weighted by atomic mass is 10.1. The van der Waals surface area contributed by atoms with Crippen LogP contribution in [0.5, 0.6) is 0 Å². The molecule has 26 heavy (non-hydrogen) atoms. The second-order valence-corrected chi connectivity index (χ2v) is 6.02. The van der Waals surface area contributed by atoms with Gasteiger partial charge in [-0.3, -0.25) is 14.6 Å². The second-order valence-electron chi connectivity index (χ2n) is 6.02. The van der Waals surface area contributed by atoms with Crippen molar-refractivity contribution in [2.75, 3.05) is 18.6 Å².